The molecule has 0 aromatic carbocycles. The van der Waals surface area contributed by atoms with Crippen molar-refractivity contribution < 1.29 is 4.74 Å². The molecule has 1 saturated heterocycles. The summed E-state index contributed by atoms with van der Waals surface area (Å²) in [4.78, 5) is 2.65. The minimum absolute atomic E-state index is 0.865. The van der Waals surface area contributed by atoms with Crippen molar-refractivity contribution in [2.45, 2.75) is 45.6 Å². The van der Waals surface area contributed by atoms with E-state index in [4.69, 9.17) is 4.74 Å². The normalized spacial score (nSPS) is 34.6. The van der Waals surface area contributed by atoms with Crippen molar-refractivity contribution in [3.8, 4) is 0 Å². The highest BCUT2D eigenvalue weighted by Crippen LogP contribution is 2.32. The van der Waals surface area contributed by atoms with Crippen LogP contribution in [-0.2, 0) is 4.74 Å². The Labute approximate surface area is 94.0 Å². The first kappa shape index (κ1) is 11.4. The van der Waals surface area contributed by atoms with Crippen LogP contribution in [0.2, 0.25) is 0 Å². The molecule has 2 rings (SSSR count). The van der Waals surface area contributed by atoms with Crippen molar-refractivity contribution in [2.24, 2.45) is 11.8 Å². The molecule has 1 aliphatic carbocycles. The summed E-state index contributed by atoms with van der Waals surface area (Å²) in [6.07, 6.45) is 5.73. The Hall–Kier alpha value is -0.0800. The van der Waals surface area contributed by atoms with E-state index in [-0.39, 0.29) is 0 Å². The number of hydrogen-bond acceptors (Lipinski definition) is 2. The molecule has 0 spiro atoms. The van der Waals surface area contributed by atoms with Crippen LogP contribution in [-0.4, -0.2) is 37.2 Å². The van der Waals surface area contributed by atoms with Crippen LogP contribution in [0.15, 0.2) is 0 Å². The Morgan fingerprint density at radius 2 is 1.60 bits per heavy atom. The van der Waals surface area contributed by atoms with Crippen LogP contribution in [0.25, 0.3) is 0 Å². The van der Waals surface area contributed by atoms with Gasteiger partial charge in [-0.2, -0.15) is 0 Å². The molecule has 1 saturated carbocycles. The van der Waals surface area contributed by atoms with E-state index in [0.29, 0.717) is 0 Å². The van der Waals surface area contributed by atoms with E-state index in [9.17, 15) is 0 Å². The largest absolute Gasteiger partial charge is 0.379 e. The maximum Gasteiger partial charge on any atom is 0.0594 e. The van der Waals surface area contributed by atoms with Crippen LogP contribution < -0.4 is 0 Å². The van der Waals surface area contributed by atoms with E-state index in [1.807, 2.05) is 0 Å². The van der Waals surface area contributed by atoms with Gasteiger partial charge in [-0.3, -0.25) is 4.90 Å². The van der Waals surface area contributed by atoms with Crippen LogP contribution in [0.4, 0.5) is 0 Å². The van der Waals surface area contributed by atoms with Crippen molar-refractivity contribution >= 4 is 0 Å². The lowest BCUT2D eigenvalue weighted by Gasteiger charge is -2.39. The summed E-state index contributed by atoms with van der Waals surface area (Å²) in [6, 6.07) is 0.865. The summed E-state index contributed by atoms with van der Waals surface area (Å²) >= 11 is 0. The van der Waals surface area contributed by atoms with Gasteiger partial charge in [0.05, 0.1) is 13.2 Å². The van der Waals surface area contributed by atoms with Crippen molar-refractivity contribution in [3.63, 3.8) is 0 Å². The molecule has 0 bridgehead atoms. The van der Waals surface area contributed by atoms with Gasteiger partial charge in [0.15, 0.2) is 0 Å². The Bertz CT molecular complexity index is 179. The van der Waals surface area contributed by atoms with Gasteiger partial charge in [0, 0.05) is 19.1 Å². The first-order valence-electron chi connectivity index (χ1n) is 6.59. The zero-order valence-corrected chi connectivity index (χ0v) is 10.2. The molecule has 88 valence electrons. The van der Waals surface area contributed by atoms with Gasteiger partial charge in [-0.1, -0.05) is 13.8 Å². The van der Waals surface area contributed by atoms with Gasteiger partial charge in [-0.05, 0) is 37.5 Å². The predicted molar refractivity (Wildman–Crippen MR) is 63.0 cm³/mol. The average Bonchev–Trinajstić information content (AvgIpc) is 2.30. The van der Waals surface area contributed by atoms with Gasteiger partial charge in [0.2, 0.25) is 0 Å². The molecule has 1 aliphatic heterocycles. The zero-order valence-electron chi connectivity index (χ0n) is 10.2. The molecule has 1 heterocycles. The van der Waals surface area contributed by atoms with Crippen LogP contribution in [0.3, 0.4) is 0 Å². The van der Waals surface area contributed by atoms with Crippen LogP contribution >= 0.6 is 0 Å². The summed E-state index contributed by atoms with van der Waals surface area (Å²) in [5.74, 6) is 1.87. The van der Waals surface area contributed by atoms with Crippen molar-refractivity contribution in [3.05, 3.63) is 0 Å². The Kier molecular flexibility index (Phi) is 4.04. The van der Waals surface area contributed by atoms with E-state index < -0.39 is 0 Å². The molecule has 0 unspecified atom stereocenters. The third-order valence-electron chi connectivity index (χ3n) is 4.25. The SMILES string of the molecule is CC(C)[C@H]1CC[C@@H](N2CCOCC2)CC1. The molecule has 2 aliphatic rings. The van der Waals surface area contributed by atoms with Gasteiger partial charge in [-0.15, -0.1) is 0 Å². The summed E-state index contributed by atoms with van der Waals surface area (Å²) in [5, 5.41) is 0. The fourth-order valence-electron chi connectivity index (χ4n) is 3.08. The third kappa shape index (κ3) is 2.94. The molecule has 0 radical (unpaired) electrons. The van der Waals surface area contributed by atoms with Gasteiger partial charge >= 0.3 is 0 Å². The van der Waals surface area contributed by atoms with E-state index >= 15 is 0 Å². The molecule has 0 aromatic rings. The van der Waals surface area contributed by atoms with Gasteiger partial charge in [0.1, 0.15) is 0 Å². The molecule has 2 nitrogen and oxygen atoms in total. The highest BCUT2D eigenvalue weighted by molar-refractivity contribution is 4.81. The second-order valence-corrected chi connectivity index (χ2v) is 5.46. The van der Waals surface area contributed by atoms with Crippen molar-refractivity contribution in [1.29, 1.82) is 0 Å². The molecule has 0 aromatic heterocycles. The Morgan fingerprint density at radius 1 is 1.00 bits per heavy atom. The van der Waals surface area contributed by atoms with E-state index in [0.717, 1.165) is 44.2 Å². The molecular formula is C13H25NO. The Balaban J connectivity index is 1.77. The fourth-order valence-corrected chi connectivity index (χ4v) is 3.08. The topological polar surface area (TPSA) is 12.5 Å². The maximum atomic E-state index is 5.41. The summed E-state index contributed by atoms with van der Waals surface area (Å²) in [5.41, 5.74) is 0. The van der Waals surface area contributed by atoms with Crippen molar-refractivity contribution in [1.82, 2.24) is 4.90 Å². The lowest BCUT2D eigenvalue weighted by Crippen LogP contribution is -2.45. The lowest BCUT2D eigenvalue weighted by atomic mass is 9.79. The fraction of sp³-hybridized carbons (Fsp3) is 1.00. The van der Waals surface area contributed by atoms with Gasteiger partial charge < -0.3 is 4.74 Å². The number of ether oxygens (including phenoxy) is 1. The molecule has 2 fully saturated rings. The second-order valence-electron chi connectivity index (χ2n) is 5.46. The Morgan fingerprint density at radius 3 is 2.13 bits per heavy atom. The quantitative estimate of drug-likeness (QED) is 0.696. The van der Waals surface area contributed by atoms with Gasteiger partial charge in [-0.25, -0.2) is 0 Å². The van der Waals surface area contributed by atoms with Crippen LogP contribution in [0.1, 0.15) is 39.5 Å². The molecule has 0 amide bonds. The number of rotatable bonds is 2. The second kappa shape index (κ2) is 5.31. The van der Waals surface area contributed by atoms with Crippen LogP contribution in [0, 0.1) is 11.8 Å². The zero-order chi connectivity index (χ0) is 10.7. The number of nitrogens with zero attached hydrogens (tertiary/aromatic N) is 1. The third-order valence-corrected chi connectivity index (χ3v) is 4.25. The predicted octanol–water partition coefficient (Wildman–Crippen LogP) is 2.53. The van der Waals surface area contributed by atoms with Crippen molar-refractivity contribution in [2.75, 3.05) is 26.3 Å². The number of morpholine rings is 1. The smallest absolute Gasteiger partial charge is 0.0594 e. The minimum atomic E-state index is 0.865. The molecule has 15 heavy (non-hydrogen) atoms. The highest BCUT2D eigenvalue weighted by atomic mass is 16.5. The molecule has 2 heteroatoms. The van der Waals surface area contributed by atoms with E-state index in [1.54, 1.807) is 0 Å². The first-order chi connectivity index (χ1) is 7.27. The number of hydrogen-bond donors (Lipinski definition) is 0. The molecule has 0 N–H and O–H groups in total. The maximum absolute atomic E-state index is 5.41. The van der Waals surface area contributed by atoms with Gasteiger partial charge in [0.25, 0.3) is 0 Å². The summed E-state index contributed by atoms with van der Waals surface area (Å²) in [7, 11) is 0. The average molecular weight is 211 g/mol. The standard InChI is InChI=1S/C13H25NO/c1-11(2)12-3-5-13(6-4-12)14-7-9-15-10-8-14/h11-13H,3-10H2,1-2H3/t12-,13+. The lowest BCUT2D eigenvalue weighted by molar-refractivity contribution is 0.00308. The minimum Gasteiger partial charge on any atom is -0.379 e. The molecule has 0 atom stereocenters. The first-order valence-corrected chi connectivity index (χ1v) is 6.59. The highest BCUT2D eigenvalue weighted by Gasteiger charge is 2.27. The van der Waals surface area contributed by atoms with Crippen LogP contribution in [0.5, 0.6) is 0 Å². The molecular weight excluding hydrogens is 186 g/mol. The van der Waals surface area contributed by atoms with E-state index in [1.165, 1.54) is 25.7 Å². The summed E-state index contributed by atoms with van der Waals surface area (Å²) in [6.45, 7) is 8.97. The monoisotopic (exact) mass is 211 g/mol. The summed E-state index contributed by atoms with van der Waals surface area (Å²) < 4.78 is 5.41. The van der Waals surface area contributed by atoms with E-state index in [2.05, 4.69) is 18.7 Å².